The molecule has 7 heteroatoms. The van der Waals surface area contributed by atoms with Crippen LogP contribution in [0.5, 0.6) is 11.5 Å². The van der Waals surface area contributed by atoms with Crippen LogP contribution < -0.4 is 14.8 Å². The molecular formula is C19H26N2O5. The molecule has 2 amide bonds. The van der Waals surface area contributed by atoms with Crippen LogP contribution >= 0.6 is 0 Å². The summed E-state index contributed by atoms with van der Waals surface area (Å²) < 4.78 is 11.2. The van der Waals surface area contributed by atoms with Gasteiger partial charge in [-0.1, -0.05) is 19.9 Å². The van der Waals surface area contributed by atoms with E-state index in [2.05, 4.69) is 5.32 Å². The SMILES string of the molecule is CC(C)C(NC(=O)N1CCC(C)(C(=O)O)C1)c1ccc2c(c1)OCCO2. The van der Waals surface area contributed by atoms with Gasteiger partial charge in [-0.15, -0.1) is 0 Å². The maximum atomic E-state index is 12.7. The quantitative estimate of drug-likeness (QED) is 0.860. The van der Waals surface area contributed by atoms with Crippen molar-refractivity contribution in [3.63, 3.8) is 0 Å². The highest BCUT2D eigenvalue weighted by Crippen LogP contribution is 2.35. The second-order valence-electron chi connectivity index (χ2n) is 7.61. The second kappa shape index (κ2) is 7.05. The summed E-state index contributed by atoms with van der Waals surface area (Å²) in [4.78, 5) is 25.7. The van der Waals surface area contributed by atoms with Crippen molar-refractivity contribution in [2.75, 3.05) is 26.3 Å². The second-order valence-corrected chi connectivity index (χ2v) is 7.61. The van der Waals surface area contributed by atoms with Gasteiger partial charge in [0, 0.05) is 13.1 Å². The summed E-state index contributed by atoms with van der Waals surface area (Å²) in [7, 11) is 0. The van der Waals surface area contributed by atoms with E-state index in [0.717, 1.165) is 5.56 Å². The molecule has 1 aromatic carbocycles. The van der Waals surface area contributed by atoms with Crippen molar-refractivity contribution in [1.82, 2.24) is 10.2 Å². The predicted molar refractivity (Wildman–Crippen MR) is 95.5 cm³/mol. The summed E-state index contributed by atoms with van der Waals surface area (Å²) in [6.07, 6.45) is 0.464. The number of nitrogens with zero attached hydrogens (tertiary/aromatic N) is 1. The van der Waals surface area contributed by atoms with Gasteiger partial charge in [0.1, 0.15) is 13.2 Å². The number of ether oxygens (including phenoxy) is 2. The van der Waals surface area contributed by atoms with Gasteiger partial charge in [-0.05, 0) is 37.0 Å². The molecular weight excluding hydrogens is 336 g/mol. The first-order chi connectivity index (χ1) is 12.3. The van der Waals surface area contributed by atoms with Gasteiger partial charge < -0.3 is 24.8 Å². The number of nitrogens with one attached hydrogen (secondary N) is 1. The third kappa shape index (κ3) is 3.57. The normalized spacial score (nSPS) is 23.0. The third-order valence-corrected chi connectivity index (χ3v) is 5.15. The fourth-order valence-electron chi connectivity index (χ4n) is 3.42. The Bertz CT molecular complexity index is 705. The van der Waals surface area contributed by atoms with E-state index >= 15 is 0 Å². The minimum atomic E-state index is -0.873. The lowest BCUT2D eigenvalue weighted by Gasteiger charge is -2.28. The summed E-state index contributed by atoms with van der Waals surface area (Å²) in [6, 6.07) is 5.27. The van der Waals surface area contributed by atoms with E-state index in [1.165, 1.54) is 0 Å². The van der Waals surface area contributed by atoms with Gasteiger partial charge in [-0.3, -0.25) is 4.79 Å². The molecule has 0 bridgehead atoms. The summed E-state index contributed by atoms with van der Waals surface area (Å²) in [5.74, 6) is 0.703. The molecule has 0 radical (unpaired) electrons. The van der Waals surface area contributed by atoms with Gasteiger partial charge in [0.25, 0.3) is 0 Å². The third-order valence-electron chi connectivity index (χ3n) is 5.15. The number of carboxylic acids is 1. The van der Waals surface area contributed by atoms with Crippen LogP contribution in [-0.4, -0.2) is 48.3 Å². The van der Waals surface area contributed by atoms with Crippen LogP contribution in [-0.2, 0) is 4.79 Å². The van der Waals surface area contributed by atoms with Gasteiger partial charge in [-0.25, -0.2) is 4.79 Å². The van der Waals surface area contributed by atoms with Crippen molar-refractivity contribution in [2.24, 2.45) is 11.3 Å². The Morgan fingerprint density at radius 1 is 1.23 bits per heavy atom. The molecule has 0 saturated carbocycles. The molecule has 1 fully saturated rings. The largest absolute Gasteiger partial charge is 0.486 e. The van der Waals surface area contributed by atoms with Gasteiger partial charge >= 0.3 is 12.0 Å². The van der Waals surface area contributed by atoms with E-state index in [1.807, 2.05) is 32.0 Å². The minimum Gasteiger partial charge on any atom is -0.486 e. The fourth-order valence-corrected chi connectivity index (χ4v) is 3.42. The standard InChI is InChI=1S/C19H26N2O5/c1-12(2)16(13-4-5-14-15(10-13)26-9-8-25-14)20-18(24)21-7-6-19(3,11-21)17(22)23/h4-5,10,12,16H,6-9,11H2,1-3H3,(H,20,24)(H,22,23). The average Bonchev–Trinajstić information content (AvgIpc) is 3.03. The zero-order valence-corrected chi connectivity index (χ0v) is 15.4. The van der Waals surface area contributed by atoms with Crippen molar-refractivity contribution in [2.45, 2.75) is 33.2 Å². The lowest BCUT2D eigenvalue weighted by molar-refractivity contribution is -0.147. The maximum absolute atomic E-state index is 12.7. The monoisotopic (exact) mass is 362 g/mol. The average molecular weight is 362 g/mol. The summed E-state index contributed by atoms with van der Waals surface area (Å²) >= 11 is 0. The summed E-state index contributed by atoms with van der Waals surface area (Å²) in [5.41, 5.74) is 0.0691. The molecule has 142 valence electrons. The Kier molecular flexibility index (Phi) is 4.98. The zero-order valence-electron chi connectivity index (χ0n) is 15.4. The van der Waals surface area contributed by atoms with Crippen molar-refractivity contribution in [1.29, 1.82) is 0 Å². The molecule has 0 spiro atoms. The molecule has 3 rings (SSSR count). The van der Waals surface area contributed by atoms with Crippen LogP contribution in [0.4, 0.5) is 4.79 Å². The zero-order chi connectivity index (χ0) is 18.9. The molecule has 26 heavy (non-hydrogen) atoms. The number of hydrogen-bond donors (Lipinski definition) is 2. The highest BCUT2D eigenvalue weighted by molar-refractivity contribution is 5.79. The molecule has 2 N–H and O–H groups in total. The molecule has 0 aromatic heterocycles. The van der Waals surface area contributed by atoms with Crippen LogP contribution in [0.25, 0.3) is 0 Å². The van der Waals surface area contributed by atoms with E-state index < -0.39 is 11.4 Å². The highest BCUT2D eigenvalue weighted by Gasteiger charge is 2.42. The number of aliphatic carboxylic acids is 1. The molecule has 0 aliphatic carbocycles. The van der Waals surface area contributed by atoms with Crippen LogP contribution in [0, 0.1) is 11.3 Å². The predicted octanol–water partition coefficient (Wildman–Crippen LogP) is 2.66. The Balaban J connectivity index is 1.73. The Hall–Kier alpha value is -2.44. The van der Waals surface area contributed by atoms with E-state index in [0.29, 0.717) is 37.7 Å². The Labute approximate surface area is 153 Å². The lowest BCUT2D eigenvalue weighted by Crippen LogP contribution is -2.43. The topological polar surface area (TPSA) is 88.1 Å². The van der Waals surface area contributed by atoms with Crippen molar-refractivity contribution < 1.29 is 24.2 Å². The van der Waals surface area contributed by atoms with Crippen molar-refractivity contribution in [3.8, 4) is 11.5 Å². The van der Waals surface area contributed by atoms with Gasteiger partial charge in [0.05, 0.1) is 11.5 Å². The highest BCUT2D eigenvalue weighted by atomic mass is 16.6. The van der Waals surface area contributed by atoms with Crippen LogP contribution in [0.15, 0.2) is 18.2 Å². The van der Waals surface area contributed by atoms with Crippen molar-refractivity contribution in [3.05, 3.63) is 23.8 Å². The van der Waals surface area contributed by atoms with E-state index in [4.69, 9.17) is 9.47 Å². The Morgan fingerprint density at radius 3 is 2.54 bits per heavy atom. The van der Waals surface area contributed by atoms with E-state index in [-0.39, 0.29) is 24.5 Å². The van der Waals surface area contributed by atoms with Gasteiger partial charge in [-0.2, -0.15) is 0 Å². The fraction of sp³-hybridized carbons (Fsp3) is 0.579. The first kappa shape index (κ1) is 18.4. The molecule has 2 heterocycles. The van der Waals surface area contributed by atoms with E-state index in [1.54, 1.807) is 11.8 Å². The number of benzene rings is 1. The summed E-state index contributed by atoms with van der Waals surface area (Å²) in [5, 5.41) is 12.4. The number of carbonyl (C=O) groups excluding carboxylic acids is 1. The molecule has 1 aromatic rings. The number of carbonyl (C=O) groups is 2. The first-order valence-electron chi connectivity index (χ1n) is 8.98. The number of urea groups is 1. The van der Waals surface area contributed by atoms with Crippen LogP contribution in [0.3, 0.4) is 0 Å². The molecule has 2 atom stereocenters. The number of likely N-dealkylation sites (tertiary alicyclic amines) is 1. The Morgan fingerprint density at radius 2 is 1.92 bits per heavy atom. The first-order valence-corrected chi connectivity index (χ1v) is 8.98. The lowest BCUT2D eigenvalue weighted by atomic mass is 9.90. The molecule has 2 aliphatic rings. The number of amides is 2. The molecule has 2 unspecified atom stereocenters. The van der Waals surface area contributed by atoms with Gasteiger partial charge in [0.15, 0.2) is 11.5 Å². The van der Waals surface area contributed by atoms with Crippen LogP contribution in [0.1, 0.15) is 38.8 Å². The number of fused-ring (bicyclic) bond motifs is 1. The van der Waals surface area contributed by atoms with Gasteiger partial charge in [0.2, 0.25) is 0 Å². The van der Waals surface area contributed by atoms with Crippen LogP contribution in [0.2, 0.25) is 0 Å². The van der Waals surface area contributed by atoms with E-state index in [9.17, 15) is 14.7 Å². The molecule has 1 saturated heterocycles. The van der Waals surface area contributed by atoms with Crippen molar-refractivity contribution >= 4 is 12.0 Å². The minimum absolute atomic E-state index is 0.162. The molecule has 7 nitrogen and oxygen atoms in total. The summed E-state index contributed by atoms with van der Waals surface area (Å²) in [6.45, 7) is 7.47. The number of carboxylic acid groups (broad SMARTS) is 1. The maximum Gasteiger partial charge on any atom is 0.317 e. The molecule has 2 aliphatic heterocycles. The number of hydrogen-bond acceptors (Lipinski definition) is 4. The number of rotatable bonds is 4. The smallest absolute Gasteiger partial charge is 0.317 e.